The Labute approximate surface area is 135 Å². The van der Waals surface area contributed by atoms with Crippen molar-refractivity contribution in [3.63, 3.8) is 0 Å². The molecule has 0 amide bonds. The summed E-state index contributed by atoms with van der Waals surface area (Å²) in [5.41, 5.74) is 1.54. The van der Waals surface area contributed by atoms with Gasteiger partial charge in [-0.2, -0.15) is 11.8 Å². The second-order valence-corrected chi connectivity index (χ2v) is 8.06. The van der Waals surface area contributed by atoms with Crippen LogP contribution in [0, 0.1) is 0 Å². The molecule has 1 nitrogen and oxygen atoms in total. The summed E-state index contributed by atoms with van der Waals surface area (Å²) in [6, 6.07) is 11.8. The molecule has 1 aromatic rings. The molecule has 1 aromatic carbocycles. The van der Waals surface area contributed by atoms with E-state index in [0.717, 1.165) is 23.0 Å². The van der Waals surface area contributed by atoms with Gasteiger partial charge in [0.2, 0.25) is 0 Å². The van der Waals surface area contributed by atoms with Crippen LogP contribution in [0.25, 0.3) is 0 Å². The smallest absolute Gasteiger partial charge is 0.0209 e. The fourth-order valence-corrected chi connectivity index (χ4v) is 4.82. The maximum absolute atomic E-state index is 3.80. The van der Waals surface area contributed by atoms with Gasteiger partial charge in [0.25, 0.3) is 0 Å². The lowest BCUT2D eigenvalue weighted by Crippen LogP contribution is -2.43. The lowest BCUT2D eigenvalue weighted by Gasteiger charge is -2.38. The zero-order valence-corrected chi connectivity index (χ0v) is 14.7. The Morgan fingerprint density at radius 1 is 1.19 bits per heavy atom. The molecular formula is C19H31NS. The van der Waals surface area contributed by atoms with E-state index >= 15 is 0 Å². The molecule has 0 aromatic heterocycles. The van der Waals surface area contributed by atoms with Gasteiger partial charge in [0.05, 0.1) is 0 Å². The first kappa shape index (κ1) is 16.9. The highest BCUT2D eigenvalue weighted by molar-refractivity contribution is 8.00. The average molecular weight is 306 g/mol. The van der Waals surface area contributed by atoms with E-state index in [-0.39, 0.29) is 0 Å². The third-order valence-electron chi connectivity index (χ3n) is 4.70. The maximum Gasteiger partial charge on any atom is 0.0209 e. The van der Waals surface area contributed by atoms with Crippen molar-refractivity contribution in [3.8, 4) is 0 Å². The second kappa shape index (κ2) is 8.85. The number of thioether (sulfide) groups is 1. The number of hydrogen-bond donors (Lipinski definition) is 1. The quantitative estimate of drug-likeness (QED) is 0.741. The van der Waals surface area contributed by atoms with Crippen LogP contribution < -0.4 is 5.32 Å². The molecular weight excluding hydrogens is 274 g/mol. The standard InChI is InChI=1S/C19H31NS/c1-4-13-20-18-12-11-17(16-9-7-6-8-10-16)14-19(18)21-15(3)5-2/h6-10,15,17-20H,4-5,11-14H2,1-3H3. The molecule has 0 radical (unpaired) electrons. The molecule has 0 aliphatic heterocycles. The first-order valence-corrected chi connectivity index (χ1v) is 9.62. The van der Waals surface area contributed by atoms with Gasteiger partial charge in [0, 0.05) is 16.5 Å². The Hall–Kier alpha value is -0.470. The molecule has 118 valence electrons. The van der Waals surface area contributed by atoms with Crippen LogP contribution >= 0.6 is 11.8 Å². The molecule has 0 heterocycles. The van der Waals surface area contributed by atoms with Crippen LogP contribution in [0.5, 0.6) is 0 Å². The fraction of sp³-hybridized carbons (Fsp3) is 0.684. The summed E-state index contributed by atoms with van der Waals surface area (Å²) < 4.78 is 0. The van der Waals surface area contributed by atoms with Crippen LogP contribution in [-0.4, -0.2) is 23.1 Å². The van der Waals surface area contributed by atoms with Crippen LogP contribution in [0.3, 0.4) is 0 Å². The van der Waals surface area contributed by atoms with Crippen molar-refractivity contribution in [2.45, 2.75) is 75.3 Å². The van der Waals surface area contributed by atoms with E-state index in [4.69, 9.17) is 0 Å². The van der Waals surface area contributed by atoms with Gasteiger partial charge in [0.1, 0.15) is 0 Å². The molecule has 1 saturated carbocycles. The molecule has 1 aliphatic rings. The molecule has 1 fully saturated rings. The summed E-state index contributed by atoms with van der Waals surface area (Å²) in [7, 11) is 0. The molecule has 1 N–H and O–H groups in total. The van der Waals surface area contributed by atoms with Gasteiger partial charge < -0.3 is 5.32 Å². The Kier molecular flexibility index (Phi) is 7.12. The molecule has 0 spiro atoms. The minimum absolute atomic E-state index is 0.712. The Morgan fingerprint density at radius 2 is 1.95 bits per heavy atom. The normalized spacial score (nSPS) is 27.5. The summed E-state index contributed by atoms with van der Waals surface area (Å²) in [5.74, 6) is 0.757. The minimum atomic E-state index is 0.712. The molecule has 2 rings (SSSR count). The predicted molar refractivity (Wildman–Crippen MR) is 96.2 cm³/mol. The van der Waals surface area contributed by atoms with E-state index in [0.29, 0.717) is 6.04 Å². The number of benzene rings is 1. The van der Waals surface area contributed by atoms with Gasteiger partial charge in [-0.3, -0.25) is 0 Å². The van der Waals surface area contributed by atoms with E-state index in [1.807, 2.05) is 0 Å². The molecule has 0 bridgehead atoms. The van der Waals surface area contributed by atoms with E-state index < -0.39 is 0 Å². The van der Waals surface area contributed by atoms with Crippen molar-refractivity contribution in [2.75, 3.05) is 6.54 Å². The largest absolute Gasteiger partial charge is 0.313 e. The van der Waals surface area contributed by atoms with E-state index in [1.165, 1.54) is 32.1 Å². The lowest BCUT2D eigenvalue weighted by atomic mass is 9.81. The Bertz CT molecular complexity index is 392. The zero-order chi connectivity index (χ0) is 15.1. The average Bonchev–Trinajstić information content (AvgIpc) is 2.54. The van der Waals surface area contributed by atoms with E-state index in [1.54, 1.807) is 5.56 Å². The number of rotatable bonds is 7. The molecule has 4 unspecified atom stereocenters. The van der Waals surface area contributed by atoms with Gasteiger partial charge in [-0.1, -0.05) is 51.1 Å². The number of nitrogens with one attached hydrogen (secondary N) is 1. The van der Waals surface area contributed by atoms with Gasteiger partial charge in [-0.25, -0.2) is 0 Å². The topological polar surface area (TPSA) is 12.0 Å². The summed E-state index contributed by atoms with van der Waals surface area (Å²) >= 11 is 2.21. The highest BCUT2D eigenvalue weighted by Gasteiger charge is 2.31. The van der Waals surface area contributed by atoms with Gasteiger partial charge in [-0.15, -0.1) is 0 Å². The lowest BCUT2D eigenvalue weighted by molar-refractivity contribution is 0.353. The molecule has 0 saturated heterocycles. The Balaban J connectivity index is 2.01. The van der Waals surface area contributed by atoms with Crippen molar-refractivity contribution >= 4 is 11.8 Å². The van der Waals surface area contributed by atoms with Crippen molar-refractivity contribution in [2.24, 2.45) is 0 Å². The maximum atomic E-state index is 3.80. The van der Waals surface area contributed by atoms with Crippen LogP contribution in [0.4, 0.5) is 0 Å². The number of hydrogen-bond acceptors (Lipinski definition) is 2. The SMILES string of the molecule is CCCNC1CCC(c2ccccc2)CC1SC(C)CC. The first-order chi connectivity index (χ1) is 10.2. The monoisotopic (exact) mass is 305 g/mol. The van der Waals surface area contributed by atoms with E-state index in [9.17, 15) is 0 Å². The van der Waals surface area contributed by atoms with Crippen LogP contribution in [0.2, 0.25) is 0 Å². The highest BCUT2D eigenvalue weighted by Crippen LogP contribution is 2.40. The van der Waals surface area contributed by atoms with Crippen LogP contribution in [0.1, 0.15) is 64.4 Å². The van der Waals surface area contributed by atoms with Crippen molar-refractivity contribution < 1.29 is 0 Å². The van der Waals surface area contributed by atoms with Crippen LogP contribution in [0.15, 0.2) is 30.3 Å². The summed E-state index contributed by atoms with van der Waals surface area (Å²) in [6.45, 7) is 8.12. The van der Waals surface area contributed by atoms with E-state index in [2.05, 4.69) is 68.2 Å². The molecule has 4 atom stereocenters. The molecule has 2 heteroatoms. The first-order valence-electron chi connectivity index (χ1n) is 8.68. The molecule has 1 aliphatic carbocycles. The predicted octanol–water partition coefficient (Wildman–Crippen LogP) is 5.22. The fourth-order valence-electron chi connectivity index (χ4n) is 3.27. The zero-order valence-electron chi connectivity index (χ0n) is 13.8. The van der Waals surface area contributed by atoms with Crippen molar-refractivity contribution in [1.29, 1.82) is 0 Å². The van der Waals surface area contributed by atoms with Gasteiger partial charge in [-0.05, 0) is 50.1 Å². The van der Waals surface area contributed by atoms with Gasteiger partial charge in [0.15, 0.2) is 0 Å². The summed E-state index contributed by atoms with van der Waals surface area (Å²) in [5, 5.41) is 5.34. The van der Waals surface area contributed by atoms with Crippen molar-refractivity contribution in [1.82, 2.24) is 5.32 Å². The third-order valence-corrected chi connectivity index (χ3v) is 6.37. The summed E-state index contributed by atoms with van der Waals surface area (Å²) in [4.78, 5) is 0. The Morgan fingerprint density at radius 3 is 2.62 bits per heavy atom. The van der Waals surface area contributed by atoms with Gasteiger partial charge >= 0.3 is 0 Å². The van der Waals surface area contributed by atoms with Crippen LogP contribution in [-0.2, 0) is 0 Å². The summed E-state index contributed by atoms with van der Waals surface area (Å²) in [6.07, 6.45) is 6.51. The van der Waals surface area contributed by atoms with Crippen molar-refractivity contribution in [3.05, 3.63) is 35.9 Å². The molecule has 21 heavy (non-hydrogen) atoms. The second-order valence-electron chi connectivity index (χ2n) is 6.37. The minimum Gasteiger partial charge on any atom is -0.313 e. The highest BCUT2D eigenvalue weighted by atomic mass is 32.2. The third kappa shape index (κ3) is 5.03.